The second-order valence-corrected chi connectivity index (χ2v) is 1.06. The number of oxime groups is 1. The number of hydrogen-bond donors (Lipinski definition) is 1. The van der Waals surface area contributed by atoms with Crippen LogP contribution in [0, 0.1) is 11.8 Å². The van der Waals surface area contributed by atoms with Crippen LogP contribution in [-0.4, -0.2) is 11.4 Å². The van der Waals surface area contributed by atoms with Gasteiger partial charge in [0, 0.05) is 6.42 Å². The molecule has 0 saturated heterocycles. The quantitative estimate of drug-likeness (QED) is 0.176. The molecule has 2 nitrogen and oxygen atoms in total. The molecule has 0 spiro atoms. The van der Waals surface area contributed by atoms with Gasteiger partial charge in [-0.3, -0.25) is 0 Å². The predicted octanol–water partition coefficient (Wildman–Crippen LogP) is 1.03. The van der Waals surface area contributed by atoms with Crippen LogP contribution in [0.1, 0.15) is 6.42 Å². The van der Waals surface area contributed by atoms with Gasteiger partial charge in [0.05, 0.1) is 0 Å². The minimum absolute atomic E-state index is 0.631. The lowest BCUT2D eigenvalue weighted by molar-refractivity contribution is 0.322. The van der Waals surface area contributed by atoms with Crippen molar-refractivity contribution in [2.75, 3.05) is 0 Å². The van der Waals surface area contributed by atoms with E-state index in [2.05, 4.69) is 23.6 Å². The van der Waals surface area contributed by atoms with Crippen molar-refractivity contribution in [3.63, 3.8) is 0 Å². The van der Waals surface area contributed by atoms with Crippen molar-refractivity contribution in [1.29, 1.82) is 0 Å². The molecule has 0 aliphatic rings. The van der Waals surface area contributed by atoms with Crippen LogP contribution in [0.25, 0.3) is 0 Å². The molecule has 0 aromatic rings. The van der Waals surface area contributed by atoms with Crippen LogP contribution in [0.3, 0.4) is 0 Å². The highest BCUT2D eigenvalue weighted by atomic mass is 16.4. The van der Waals surface area contributed by atoms with Gasteiger partial charge >= 0.3 is 0 Å². The van der Waals surface area contributed by atoms with E-state index in [1.165, 1.54) is 0 Å². The van der Waals surface area contributed by atoms with Gasteiger partial charge in [0.1, 0.15) is 6.21 Å². The van der Waals surface area contributed by atoms with Gasteiger partial charge in [0.2, 0.25) is 0 Å². The largest absolute Gasteiger partial charge is 0.410 e. The lowest BCUT2D eigenvalue weighted by Crippen LogP contribution is -1.62. The average molecular weight is 109 g/mol. The third-order valence-electron chi connectivity index (χ3n) is 0.471. The summed E-state index contributed by atoms with van der Waals surface area (Å²) in [6.45, 7) is 3.45. The summed E-state index contributed by atoms with van der Waals surface area (Å²) in [5.74, 6) is 5.13. The highest BCUT2D eigenvalue weighted by molar-refractivity contribution is 5.77. The van der Waals surface area contributed by atoms with Crippen molar-refractivity contribution in [2.24, 2.45) is 5.16 Å². The first-order valence-corrected chi connectivity index (χ1v) is 2.17. The third-order valence-corrected chi connectivity index (χ3v) is 0.471. The first kappa shape index (κ1) is 6.77. The van der Waals surface area contributed by atoms with Crippen molar-refractivity contribution in [3.05, 3.63) is 12.7 Å². The van der Waals surface area contributed by atoms with Crippen LogP contribution in [0.2, 0.25) is 0 Å². The Kier molecular flexibility index (Phi) is 4.88. The smallest absolute Gasteiger partial charge is 0.116 e. The zero-order chi connectivity index (χ0) is 6.24. The molecule has 8 heavy (non-hydrogen) atoms. The maximum Gasteiger partial charge on any atom is 0.116 e. The molecule has 1 N–H and O–H groups in total. The standard InChI is InChI=1S/C6H7NO/c1-2-3-4-5-6-7-8/h2,6,8H,1,3H2/b7-6+. The van der Waals surface area contributed by atoms with Crippen LogP contribution in [0.15, 0.2) is 17.8 Å². The van der Waals surface area contributed by atoms with E-state index in [0.717, 1.165) is 6.21 Å². The molecule has 0 unspecified atom stereocenters. The Labute approximate surface area is 48.5 Å². The lowest BCUT2D eigenvalue weighted by Gasteiger charge is -1.66. The summed E-state index contributed by atoms with van der Waals surface area (Å²) in [4.78, 5) is 0. The van der Waals surface area contributed by atoms with Gasteiger partial charge in [-0.1, -0.05) is 23.1 Å². The van der Waals surface area contributed by atoms with Gasteiger partial charge in [-0.05, 0) is 0 Å². The Balaban J connectivity index is 3.34. The SMILES string of the molecule is C=CCC#C/C=N/O. The fourth-order valence-corrected chi connectivity index (χ4v) is 0.206. The number of rotatable bonds is 1. The van der Waals surface area contributed by atoms with E-state index in [1.807, 2.05) is 0 Å². The molecule has 0 atom stereocenters. The van der Waals surface area contributed by atoms with Gasteiger partial charge in [0.25, 0.3) is 0 Å². The molecule has 2 heteroatoms. The molecule has 0 aliphatic carbocycles. The van der Waals surface area contributed by atoms with E-state index in [4.69, 9.17) is 5.21 Å². The van der Waals surface area contributed by atoms with Crippen molar-refractivity contribution in [1.82, 2.24) is 0 Å². The van der Waals surface area contributed by atoms with Gasteiger partial charge in [-0.25, -0.2) is 0 Å². The van der Waals surface area contributed by atoms with Crippen LogP contribution in [-0.2, 0) is 0 Å². The van der Waals surface area contributed by atoms with Crippen LogP contribution < -0.4 is 0 Å². The Morgan fingerprint density at radius 2 is 2.50 bits per heavy atom. The molecule has 0 aromatic heterocycles. The van der Waals surface area contributed by atoms with E-state index in [1.54, 1.807) is 6.08 Å². The van der Waals surface area contributed by atoms with Crippen LogP contribution >= 0.6 is 0 Å². The first-order chi connectivity index (χ1) is 3.91. The van der Waals surface area contributed by atoms with E-state index in [9.17, 15) is 0 Å². The average Bonchev–Trinajstić information content (AvgIpc) is 1.81. The molecule has 42 valence electrons. The van der Waals surface area contributed by atoms with Gasteiger partial charge in [0.15, 0.2) is 0 Å². The lowest BCUT2D eigenvalue weighted by atomic mass is 10.4. The summed E-state index contributed by atoms with van der Waals surface area (Å²) in [6.07, 6.45) is 3.44. The summed E-state index contributed by atoms with van der Waals surface area (Å²) >= 11 is 0. The summed E-state index contributed by atoms with van der Waals surface area (Å²) in [6, 6.07) is 0. The zero-order valence-corrected chi connectivity index (χ0v) is 4.46. The molecule has 0 heterocycles. The molecule has 0 rings (SSSR count). The fraction of sp³-hybridized carbons (Fsp3) is 0.167. The maximum atomic E-state index is 7.81. The second-order valence-electron chi connectivity index (χ2n) is 1.06. The molecular formula is C6H7NO. The zero-order valence-electron chi connectivity index (χ0n) is 4.46. The molecule has 0 radical (unpaired) electrons. The molecule has 0 fully saturated rings. The first-order valence-electron chi connectivity index (χ1n) is 2.17. The van der Waals surface area contributed by atoms with Gasteiger partial charge in [-0.15, -0.1) is 6.58 Å². The highest BCUT2D eigenvalue weighted by Crippen LogP contribution is 1.70. The topological polar surface area (TPSA) is 32.6 Å². The third kappa shape index (κ3) is 4.77. The highest BCUT2D eigenvalue weighted by Gasteiger charge is 1.59. The predicted molar refractivity (Wildman–Crippen MR) is 32.9 cm³/mol. The molecule has 0 saturated carbocycles. The number of hydrogen-bond acceptors (Lipinski definition) is 2. The molecule has 0 amide bonds. The van der Waals surface area contributed by atoms with Gasteiger partial charge < -0.3 is 5.21 Å². The van der Waals surface area contributed by atoms with Crippen molar-refractivity contribution in [2.45, 2.75) is 6.42 Å². The second kappa shape index (κ2) is 5.77. The Morgan fingerprint density at radius 1 is 1.75 bits per heavy atom. The van der Waals surface area contributed by atoms with Crippen molar-refractivity contribution >= 4 is 6.21 Å². The number of nitrogens with zero attached hydrogens (tertiary/aromatic N) is 1. The van der Waals surface area contributed by atoms with E-state index in [-0.39, 0.29) is 0 Å². The Hall–Kier alpha value is -1.23. The maximum absolute atomic E-state index is 7.81. The Bertz CT molecular complexity index is 138. The minimum atomic E-state index is 0.631. The molecule has 0 bridgehead atoms. The molecule has 0 aromatic carbocycles. The fourth-order valence-electron chi connectivity index (χ4n) is 0.206. The van der Waals surface area contributed by atoms with Crippen LogP contribution in [0.5, 0.6) is 0 Å². The summed E-state index contributed by atoms with van der Waals surface area (Å²) in [7, 11) is 0. The number of allylic oxidation sites excluding steroid dienone is 1. The Morgan fingerprint density at radius 3 is 3.00 bits per heavy atom. The monoisotopic (exact) mass is 109 g/mol. The molecular weight excluding hydrogens is 102 g/mol. The van der Waals surface area contributed by atoms with E-state index in [0.29, 0.717) is 6.42 Å². The van der Waals surface area contributed by atoms with Gasteiger partial charge in [-0.2, -0.15) is 0 Å². The minimum Gasteiger partial charge on any atom is -0.410 e. The van der Waals surface area contributed by atoms with E-state index < -0.39 is 0 Å². The van der Waals surface area contributed by atoms with Crippen molar-refractivity contribution in [3.8, 4) is 11.8 Å². The van der Waals surface area contributed by atoms with E-state index >= 15 is 0 Å². The normalized spacial score (nSPS) is 8.00. The van der Waals surface area contributed by atoms with Crippen LogP contribution in [0.4, 0.5) is 0 Å². The summed E-state index contributed by atoms with van der Waals surface area (Å²) in [5.41, 5.74) is 0. The van der Waals surface area contributed by atoms with Crippen molar-refractivity contribution < 1.29 is 5.21 Å². The summed E-state index contributed by atoms with van der Waals surface area (Å²) in [5, 5.41) is 10.5. The summed E-state index contributed by atoms with van der Waals surface area (Å²) < 4.78 is 0. The molecule has 0 aliphatic heterocycles.